The third-order valence-corrected chi connectivity index (χ3v) is 9.47. The fourth-order valence-electron chi connectivity index (χ4n) is 8.75. The highest BCUT2D eigenvalue weighted by Crippen LogP contribution is 2.85. The second-order valence-electron chi connectivity index (χ2n) is 11.0. The molecule has 6 aliphatic rings. The molecule has 6 rings (SSSR count). The summed E-state index contributed by atoms with van der Waals surface area (Å²) in [7, 11) is 2.95. The highest BCUT2D eigenvalue weighted by Gasteiger charge is 3.01. The van der Waals surface area contributed by atoms with E-state index in [0.29, 0.717) is 6.42 Å². The summed E-state index contributed by atoms with van der Waals surface area (Å²) in [6.07, 6.45) is -2.32. The molecule has 9 heteroatoms. The summed E-state index contributed by atoms with van der Waals surface area (Å²) in [5.74, 6) is -2.38. The molecule has 4 heterocycles. The quantitative estimate of drug-likeness (QED) is 0.462. The molecule has 2 spiro atoms. The van der Waals surface area contributed by atoms with Crippen molar-refractivity contribution in [1.82, 2.24) is 0 Å². The summed E-state index contributed by atoms with van der Waals surface area (Å²) >= 11 is 0. The van der Waals surface area contributed by atoms with Gasteiger partial charge in [-0.05, 0) is 24.7 Å². The molecule has 0 bridgehead atoms. The lowest BCUT2D eigenvalue weighted by atomic mass is 9.51. The van der Waals surface area contributed by atoms with Gasteiger partial charge in [-0.15, -0.1) is 0 Å². The third-order valence-electron chi connectivity index (χ3n) is 9.47. The number of esters is 3. The van der Waals surface area contributed by atoms with Crippen LogP contribution in [0.1, 0.15) is 40.5 Å². The zero-order valence-electron chi connectivity index (χ0n) is 18.6. The van der Waals surface area contributed by atoms with E-state index in [1.165, 1.54) is 14.2 Å². The number of hydrogen-bond donors (Lipinski definition) is 0. The predicted molar refractivity (Wildman–Crippen MR) is 100 cm³/mol. The second kappa shape index (κ2) is 5.26. The first-order valence-corrected chi connectivity index (χ1v) is 10.9. The number of fused-ring (bicyclic) bond motifs is 1. The Kier molecular flexibility index (Phi) is 3.38. The van der Waals surface area contributed by atoms with Gasteiger partial charge < -0.3 is 28.4 Å². The smallest absolute Gasteiger partial charge is 0.342 e. The fraction of sp³-hybridized carbons (Fsp3) is 0.864. The van der Waals surface area contributed by atoms with Crippen molar-refractivity contribution in [3.8, 4) is 0 Å². The Balaban J connectivity index is 1.70. The van der Waals surface area contributed by atoms with Crippen LogP contribution in [-0.4, -0.2) is 67.9 Å². The van der Waals surface area contributed by atoms with Crippen molar-refractivity contribution in [2.75, 3.05) is 14.2 Å². The topological polar surface area (TPSA) is 107 Å². The van der Waals surface area contributed by atoms with Gasteiger partial charge in [0.25, 0.3) is 0 Å². The average molecular weight is 436 g/mol. The van der Waals surface area contributed by atoms with Gasteiger partial charge in [0.05, 0.1) is 16.7 Å². The van der Waals surface area contributed by atoms with Crippen LogP contribution in [0.3, 0.4) is 0 Å². The van der Waals surface area contributed by atoms with Gasteiger partial charge in [-0.25, -0.2) is 9.59 Å². The van der Waals surface area contributed by atoms with Crippen LogP contribution in [0.5, 0.6) is 0 Å². The predicted octanol–water partition coefficient (Wildman–Crippen LogP) is 0.968. The van der Waals surface area contributed by atoms with Crippen molar-refractivity contribution in [2.24, 2.45) is 28.1 Å². The number of methoxy groups -OCH3 is 2. The lowest BCUT2D eigenvalue weighted by Crippen LogP contribution is -2.67. The number of ether oxygens (including phenoxy) is 6. The third kappa shape index (κ3) is 1.55. The van der Waals surface area contributed by atoms with E-state index in [1.807, 2.05) is 0 Å². The first kappa shape index (κ1) is 19.9. The van der Waals surface area contributed by atoms with Gasteiger partial charge in [0.2, 0.25) is 11.9 Å². The number of hydrogen-bond acceptors (Lipinski definition) is 9. The van der Waals surface area contributed by atoms with Crippen molar-refractivity contribution in [1.29, 1.82) is 0 Å². The first-order valence-electron chi connectivity index (χ1n) is 10.9. The van der Waals surface area contributed by atoms with Gasteiger partial charge in [-0.2, -0.15) is 0 Å². The lowest BCUT2D eigenvalue weighted by Gasteiger charge is -2.47. The Bertz CT molecular complexity index is 924. The van der Waals surface area contributed by atoms with Gasteiger partial charge in [-0.1, -0.05) is 20.8 Å². The van der Waals surface area contributed by atoms with E-state index in [-0.39, 0.29) is 17.8 Å². The van der Waals surface area contributed by atoms with Crippen molar-refractivity contribution < 1.29 is 42.8 Å². The van der Waals surface area contributed by atoms with Crippen molar-refractivity contribution in [2.45, 2.75) is 76.3 Å². The van der Waals surface area contributed by atoms with E-state index in [2.05, 4.69) is 20.8 Å². The Labute approximate surface area is 180 Å². The average Bonchev–Trinajstić information content (AvgIpc) is 3.39. The number of rotatable bonds is 2. The molecule has 4 saturated heterocycles. The molecule has 0 aromatic carbocycles. The standard InChI is InChI=1S/C22H28O9/c1-9-14(23)28-12-8-19-11-7-10(18(2,3)4)20(19)13(26-5)15(24)30-17(20)31-22(19,16(25)29-11)21(9,12)27-6/h9-13,17H,7-8H2,1-6H3/t9-,10+,11?,12?,13+,17?,19?,20?,21-,22-/m1/s1. The molecule has 9 nitrogen and oxygen atoms in total. The zero-order valence-corrected chi connectivity index (χ0v) is 18.6. The summed E-state index contributed by atoms with van der Waals surface area (Å²) in [5.41, 5.74) is -5.23. The number of carbonyl (C=O) groups is 3. The highest BCUT2D eigenvalue weighted by atomic mass is 16.8. The van der Waals surface area contributed by atoms with Crippen LogP contribution < -0.4 is 0 Å². The zero-order chi connectivity index (χ0) is 22.4. The monoisotopic (exact) mass is 436 g/mol. The van der Waals surface area contributed by atoms with Gasteiger partial charge in [0.15, 0.2) is 11.7 Å². The van der Waals surface area contributed by atoms with E-state index in [4.69, 9.17) is 28.4 Å². The van der Waals surface area contributed by atoms with Crippen LogP contribution >= 0.6 is 0 Å². The molecular weight excluding hydrogens is 408 g/mol. The lowest BCUT2D eigenvalue weighted by molar-refractivity contribution is -0.244. The van der Waals surface area contributed by atoms with Gasteiger partial charge in [0.1, 0.15) is 12.2 Å². The molecule has 170 valence electrons. The van der Waals surface area contributed by atoms with E-state index in [9.17, 15) is 14.4 Å². The van der Waals surface area contributed by atoms with E-state index >= 15 is 0 Å². The number of carbonyl (C=O) groups excluding carboxylic acids is 3. The molecule has 0 aromatic rings. The molecule has 0 N–H and O–H groups in total. The van der Waals surface area contributed by atoms with Gasteiger partial charge >= 0.3 is 17.9 Å². The van der Waals surface area contributed by atoms with E-state index < -0.39 is 70.5 Å². The molecule has 6 fully saturated rings. The summed E-state index contributed by atoms with van der Waals surface area (Å²) in [6.45, 7) is 8.00. The van der Waals surface area contributed by atoms with Crippen molar-refractivity contribution in [3.05, 3.63) is 0 Å². The molecule has 0 radical (unpaired) electrons. The maximum absolute atomic E-state index is 13.7. The largest absolute Gasteiger partial charge is 0.459 e. The Morgan fingerprint density at radius 3 is 2.32 bits per heavy atom. The minimum absolute atomic E-state index is 0.111. The van der Waals surface area contributed by atoms with Crippen LogP contribution in [0.4, 0.5) is 0 Å². The molecule has 4 aliphatic heterocycles. The SMILES string of the molecule is CO[C@H]1C(=O)OC2O[C@]34C(=O)OC5C[C@@H](C(C)(C)C)C21C53CC1OC(=O)[C@@H](C)[C@@]14OC. The maximum atomic E-state index is 13.7. The first-order chi connectivity index (χ1) is 14.5. The minimum atomic E-state index is -1.63. The summed E-state index contributed by atoms with van der Waals surface area (Å²) in [4.78, 5) is 39.3. The van der Waals surface area contributed by atoms with Crippen LogP contribution in [0.2, 0.25) is 0 Å². The molecule has 2 saturated carbocycles. The summed E-state index contributed by atoms with van der Waals surface area (Å²) < 4.78 is 35.9. The summed E-state index contributed by atoms with van der Waals surface area (Å²) in [5, 5.41) is 0. The van der Waals surface area contributed by atoms with Crippen LogP contribution in [-0.2, 0) is 42.8 Å². The molecular formula is C22H28O9. The molecule has 0 amide bonds. The molecule has 5 unspecified atom stereocenters. The normalized spacial score (nSPS) is 56.1. The Hall–Kier alpha value is -1.71. The minimum Gasteiger partial charge on any atom is -0.459 e. The van der Waals surface area contributed by atoms with Crippen molar-refractivity contribution in [3.63, 3.8) is 0 Å². The molecule has 2 aliphatic carbocycles. The van der Waals surface area contributed by atoms with Crippen LogP contribution in [0.15, 0.2) is 0 Å². The highest BCUT2D eigenvalue weighted by molar-refractivity contribution is 5.93. The fourth-order valence-corrected chi connectivity index (χ4v) is 8.75. The van der Waals surface area contributed by atoms with Crippen LogP contribution in [0.25, 0.3) is 0 Å². The van der Waals surface area contributed by atoms with E-state index in [0.717, 1.165) is 0 Å². The molecule has 31 heavy (non-hydrogen) atoms. The molecule has 0 aromatic heterocycles. The maximum Gasteiger partial charge on any atom is 0.342 e. The molecule has 10 atom stereocenters. The van der Waals surface area contributed by atoms with E-state index in [1.54, 1.807) is 6.92 Å². The van der Waals surface area contributed by atoms with Crippen molar-refractivity contribution >= 4 is 17.9 Å². The van der Waals surface area contributed by atoms with Crippen LogP contribution in [0, 0.1) is 28.1 Å². The Morgan fingerprint density at radius 2 is 1.71 bits per heavy atom. The van der Waals surface area contributed by atoms with Gasteiger partial charge in [0, 0.05) is 20.6 Å². The van der Waals surface area contributed by atoms with Gasteiger partial charge in [-0.3, -0.25) is 4.79 Å². The Morgan fingerprint density at radius 1 is 1.00 bits per heavy atom. The second-order valence-corrected chi connectivity index (χ2v) is 11.0. The summed E-state index contributed by atoms with van der Waals surface area (Å²) in [6, 6.07) is 0.